The van der Waals surface area contributed by atoms with Gasteiger partial charge in [-0.1, -0.05) is 12.1 Å². The third-order valence-electron chi connectivity index (χ3n) is 3.49. The molecule has 26 heavy (non-hydrogen) atoms. The number of anilines is 4. The number of nitrogens with one attached hydrogen (secondary N) is 3. The Hall–Kier alpha value is -3.48. The van der Waals surface area contributed by atoms with Gasteiger partial charge in [-0.15, -0.1) is 0 Å². The molecule has 0 aliphatic heterocycles. The summed E-state index contributed by atoms with van der Waals surface area (Å²) in [5, 5.41) is 9.20. The molecule has 7 heteroatoms. The largest absolute Gasteiger partial charge is 0.366 e. The lowest BCUT2D eigenvalue weighted by Gasteiger charge is -2.11. The second kappa shape index (κ2) is 8.06. The summed E-state index contributed by atoms with van der Waals surface area (Å²) in [6, 6.07) is 13.2. The van der Waals surface area contributed by atoms with Gasteiger partial charge in [0.1, 0.15) is 5.82 Å². The average Bonchev–Trinajstić information content (AvgIpc) is 2.60. The quantitative estimate of drug-likeness (QED) is 0.631. The Morgan fingerprint density at radius 2 is 1.92 bits per heavy atom. The Bertz CT molecular complexity index is 898. The third kappa shape index (κ3) is 5.01. The van der Waals surface area contributed by atoms with Crippen LogP contribution >= 0.6 is 0 Å². The van der Waals surface area contributed by atoms with Crippen molar-refractivity contribution in [1.82, 2.24) is 15.0 Å². The number of amides is 1. The molecule has 3 N–H and O–H groups in total. The molecule has 3 rings (SSSR count). The zero-order valence-electron chi connectivity index (χ0n) is 14.7. The monoisotopic (exact) mass is 348 g/mol. The standard InChI is InChI=1S/C19H20N6O/c1-13-9-18(21-12-15-5-4-8-20-11-15)25-19(22-13)24-17-7-3-6-16(10-17)23-14(2)26/h3-11H,12H2,1-2H3,(H,23,26)(H2,21,22,24,25). The number of nitrogens with zero attached hydrogens (tertiary/aromatic N) is 3. The SMILES string of the molecule is CC(=O)Nc1cccc(Nc2nc(C)cc(NCc3cccnc3)n2)c1. The van der Waals surface area contributed by atoms with E-state index in [1.807, 2.05) is 55.6 Å². The summed E-state index contributed by atoms with van der Waals surface area (Å²) in [6.45, 7) is 4.02. The van der Waals surface area contributed by atoms with Gasteiger partial charge in [0.05, 0.1) is 0 Å². The van der Waals surface area contributed by atoms with Crippen LogP contribution in [0.15, 0.2) is 54.9 Å². The number of hydrogen-bond acceptors (Lipinski definition) is 6. The van der Waals surface area contributed by atoms with E-state index in [9.17, 15) is 4.79 Å². The number of aryl methyl sites for hydroxylation is 1. The molecule has 0 bridgehead atoms. The number of hydrogen-bond donors (Lipinski definition) is 3. The zero-order valence-corrected chi connectivity index (χ0v) is 14.7. The van der Waals surface area contributed by atoms with Crippen molar-refractivity contribution < 1.29 is 4.79 Å². The molecule has 7 nitrogen and oxygen atoms in total. The van der Waals surface area contributed by atoms with E-state index >= 15 is 0 Å². The minimum absolute atomic E-state index is 0.115. The number of carbonyl (C=O) groups excluding carboxylic acids is 1. The smallest absolute Gasteiger partial charge is 0.229 e. The topological polar surface area (TPSA) is 91.8 Å². The van der Waals surface area contributed by atoms with E-state index in [2.05, 4.69) is 30.9 Å². The molecule has 3 aromatic rings. The van der Waals surface area contributed by atoms with E-state index in [0.717, 1.165) is 22.8 Å². The summed E-state index contributed by atoms with van der Waals surface area (Å²) < 4.78 is 0. The molecule has 2 heterocycles. The maximum atomic E-state index is 11.2. The molecule has 0 radical (unpaired) electrons. The summed E-state index contributed by atoms with van der Waals surface area (Å²) in [7, 11) is 0. The predicted molar refractivity (Wildman–Crippen MR) is 102 cm³/mol. The molecule has 0 unspecified atom stereocenters. The van der Waals surface area contributed by atoms with E-state index in [4.69, 9.17) is 0 Å². The van der Waals surface area contributed by atoms with E-state index in [1.165, 1.54) is 6.92 Å². The second-order valence-corrected chi connectivity index (χ2v) is 5.82. The highest BCUT2D eigenvalue weighted by Gasteiger charge is 2.04. The maximum absolute atomic E-state index is 11.2. The van der Waals surface area contributed by atoms with Gasteiger partial charge in [0.25, 0.3) is 0 Å². The molecular formula is C19H20N6O. The van der Waals surface area contributed by atoms with Gasteiger partial charge < -0.3 is 16.0 Å². The van der Waals surface area contributed by atoms with Gasteiger partial charge in [-0.3, -0.25) is 9.78 Å². The van der Waals surface area contributed by atoms with Crippen LogP contribution in [0.2, 0.25) is 0 Å². The van der Waals surface area contributed by atoms with Gasteiger partial charge in [-0.25, -0.2) is 4.98 Å². The van der Waals surface area contributed by atoms with Gasteiger partial charge in [0.15, 0.2) is 0 Å². The molecule has 0 spiro atoms. The molecule has 0 saturated carbocycles. The average molecular weight is 348 g/mol. The van der Waals surface area contributed by atoms with Crippen molar-refractivity contribution in [2.75, 3.05) is 16.0 Å². The molecule has 1 aromatic carbocycles. The molecule has 0 saturated heterocycles. The van der Waals surface area contributed by atoms with Crippen molar-refractivity contribution in [3.63, 3.8) is 0 Å². The Balaban J connectivity index is 1.72. The molecule has 0 atom stereocenters. The van der Waals surface area contributed by atoms with E-state index in [1.54, 1.807) is 6.20 Å². The minimum atomic E-state index is -0.115. The van der Waals surface area contributed by atoms with Crippen molar-refractivity contribution in [3.05, 3.63) is 66.1 Å². The fourth-order valence-electron chi connectivity index (χ4n) is 2.42. The predicted octanol–water partition coefficient (Wildman–Crippen LogP) is 3.49. The lowest BCUT2D eigenvalue weighted by molar-refractivity contribution is -0.114. The first kappa shape index (κ1) is 17.3. The minimum Gasteiger partial charge on any atom is -0.366 e. The molecule has 0 aliphatic rings. The Morgan fingerprint density at radius 1 is 1.08 bits per heavy atom. The number of aromatic nitrogens is 3. The maximum Gasteiger partial charge on any atom is 0.229 e. The normalized spacial score (nSPS) is 10.2. The summed E-state index contributed by atoms with van der Waals surface area (Å²) >= 11 is 0. The van der Waals surface area contributed by atoms with E-state index in [0.29, 0.717) is 18.2 Å². The first-order valence-corrected chi connectivity index (χ1v) is 8.21. The summed E-state index contributed by atoms with van der Waals surface area (Å²) in [5.41, 5.74) is 3.42. The molecule has 0 fully saturated rings. The van der Waals surface area contributed by atoms with E-state index in [-0.39, 0.29) is 5.91 Å². The van der Waals surface area contributed by atoms with Crippen molar-refractivity contribution in [3.8, 4) is 0 Å². The van der Waals surface area contributed by atoms with E-state index < -0.39 is 0 Å². The highest BCUT2D eigenvalue weighted by atomic mass is 16.1. The fraction of sp³-hybridized carbons (Fsp3) is 0.158. The van der Waals surface area contributed by atoms with Gasteiger partial charge in [-0.2, -0.15) is 4.98 Å². The van der Waals surface area contributed by atoms with Crippen LogP contribution in [0.3, 0.4) is 0 Å². The molecule has 0 aliphatic carbocycles. The molecule has 1 amide bonds. The molecule has 132 valence electrons. The summed E-state index contributed by atoms with van der Waals surface area (Å²) in [6.07, 6.45) is 3.56. The fourth-order valence-corrected chi connectivity index (χ4v) is 2.42. The number of carbonyl (C=O) groups is 1. The van der Waals surface area contributed by atoms with Gasteiger partial charge in [0.2, 0.25) is 11.9 Å². The first-order valence-electron chi connectivity index (χ1n) is 8.21. The number of pyridine rings is 1. The van der Waals surface area contributed by atoms with Crippen LogP contribution in [-0.4, -0.2) is 20.9 Å². The highest BCUT2D eigenvalue weighted by molar-refractivity contribution is 5.89. The Kier molecular flexibility index (Phi) is 5.38. The number of benzene rings is 1. The van der Waals surface area contributed by atoms with Crippen molar-refractivity contribution in [2.45, 2.75) is 20.4 Å². The van der Waals surface area contributed by atoms with Crippen LogP contribution < -0.4 is 16.0 Å². The lowest BCUT2D eigenvalue weighted by atomic mass is 10.2. The van der Waals surface area contributed by atoms with Gasteiger partial charge in [-0.05, 0) is 36.8 Å². The highest BCUT2D eigenvalue weighted by Crippen LogP contribution is 2.19. The lowest BCUT2D eigenvalue weighted by Crippen LogP contribution is -2.07. The third-order valence-corrected chi connectivity index (χ3v) is 3.49. The van der Waals surface area contributed by atoms with Gasteiger partial charge >= 0.3 is 0 Å². The van der Waals surface area contributed by atoms with Crippen LogP contribution in [0.1, 0.15) is 18.2 Å². The van der Waals surface area contributed by atoms with Crippen molar-refractivity contribution in [1.29, 1.82) is 0 Å². The van der Waals surface area contributed by atoms with Crippen LogP contribution in [-0.2, 0) is 11.3 Å². The molecular weight excluding hydrogens is 328 g/mol. The van der Waals surface area contributed by atoms with Crippen LogP contribution in [0.5, 0.6) is 0 Å². The van der Waals surface area contributed by atoms with Crippen LogP contribution in [0.4, 0.5) is 23.1 Å². The van der Waals surface area contributed by atoms with Crippen molar-refractivity contribution >= 4 is 29.0 Å². The van der Waals surface area contributed by atoms with Crippen LogP contribution in [0, 0.1) is 6.92 Å². The zero-order chi connectivity index (χ0) is 18.4. The Morgan fingerprint density at radius 3 is 2.69 bits per heavy atom. The number of rotatable bonds is 6. The summed E-state index contributed by atoms with van der Waals surface area (Å²) in [4.78, 5) is 24.2. The van der Waals surface area contributed by atoms with Gasteiger partial charge in [0, 0.05) is 49.0 Å². The second-order valence-electron chi connectivity index (χ2n) is 5.82. The van der Waals surface area contributed by atoms with Crippen molar-refractivity contribution in [2.24, 2.45) is 0 Å². The Labute approximate surface area is 151 Å². The first-order chi connectivity index (χ1) is 12.6. The molecule has 2 aromatic heterocycles. The van der Waals surface area contributed by atoms with Crippen LogP contribution in [0.25, 0.3) is 0 Å². The summed E-state index contributed by atoms with van der Waals surface area (Å²) in [5.74, 6) is 1.09.